The Morgan fingerprint density at radius 2 is 1.50 bits per heavy atom. The van der Waals surface area contributed by atoms with E-state index in [0.29, 0.717) is 11.4 Å². The van der Waals surface area contributed by atoms with Crippen molar-refractivity contribution < 1.29 is 24.3 Å². The van der Waals surface area contributed by atoms with Crippen molar-refractivity contribution in [2.24, 2.45) is 5.73 Å². The van der Waals surface area contributed by atoms with E-state index < -0.39 is 47.9 Å². The van der Waals surface area contributed by atoms with Gasteiger partial charge in [0.2, 0.25) is 17.7 Å². The van der Waals surface area contributed by atoms with Crippen molar-refractivity contribution in [2.45, 2.75) is 50.4 Å². The quantitative estimate of drug-likeness (QED) is 0.109. The third kappa shape index (κ3) is 7.11. The van der Waals surface area contributed by atoms with Gasteiger partial charge in [0.25, 0.3) is 0 Å². The molecule has 3 amide bonds. The second-order valence-corrected chi connectivity index (χ2v) is 9.42. The summed E-state index contributed by atoms with van der Waals surface area (Å²) in [5, 5.41) is 18.4. The molecule has 9 N–H and O–H groups in total. The van der Waals surface area contributed by atoms with E-state index >= 15 is 0 Å². The Balaban J connectivity index is 1.42. The number of carboxylic acid groups (broad SMARTS) is 1. The fourth-order valence-electron chi connectivity index (χ4n) is 4.23. The minimum absolute atomic E-state index is 0.0109. The summed E-state index contributed by atoms with van der Waals surface area (Å²) in [4.78, 5) is 67.5. The Bertz CT molecular complexity index is 1450. The monoisotopic (exact) mass is 549 g/mol. The highest BCUT2D eigenvalue weighted by atomic mass is 16.4. The molecule has 0 aliphatic rings. The zero-order valence-electron chi connectivity index (χ0n) is 21.7. The zero-order valence-corrected chi connectivity index (χ0v) is 21.7. The Morgan fingerprint density at radius 1 is 0.850 bits per heavy atom. The number of carboxylic acids is 1. The Kier molecular flexibility index (Phi) is 8.91. The molecular weight excluding hydrogens is 518 g/mol. The number of aromatic nitrogens is 5. The van der Waals surface area contributed by atoms with Gasteiger partial charge < -0.3 is 41.7 Å². The number of H-pyrrole nitrogens is 3. The van der Waals surface area contributed by atoms with Crippen LogP contribution in [-0.4, -0.2) is 77.9 Å². The molecule has 14 heteroatoms. The maximum Gasteiger partial charge on any atom is 0.326 e. The molecule has 3 heterocycles. The highest BCUT2D eigenvalue weighted by molar-refractivity contribution is 5.94. The van der Waals surface area contributed by atoms with Crippen LogP contribution in [0.25, 0.3) is 10.9 Å². The summed E-state index contributed by atoms with van der Waals surface area (Å²) in [6, 6.07) is 3.06. The molecule has 210 valence electrons. The molecule has 40 heavy (non-hydrogen) atoms. The lowest BCUT2D eigenvalue weighted by atomic mass is 10.0. The Labute approximate surface area is 228 Å². The van der Waals surface area contributed by atoms with Gasteiger partial charge in [-0.1, -0.05) is 18.2 Å². The number of amides is 3. The van der Waals surface area contributed by atoms with Crippen molar-refractivity contribution in [1.82, 2.24) is 40.9 Å². The van der Waals surface area contributed by atoms with E-state index in [2.05, 4.69) is 40.9 Å². The summed E-state index contributed by atoms with van der Waals surface area (Å²) >= 11 is 0. The molecular formula is C26H31N9O5. The summed E-state index contributed by atoms with van der Waals surface area (Å²) in [7, 11) is 0. The highest BCUT2D eigenvalue weighted by Crippen LogP contribution is 2.19. The SMILES string of the molecule is CC(NC(=O)C(N)Cc1cnc[nH]1)C(=O)NC(Cc1cnc[nH]1)C(=O)NC(Cc1c[nH]c2ccccc12)C(=O)O. The third-order valence-electron chi connectivity index (χ3n) is 6.41. The minimum atomic E-state index is -1.26. The van der Waals surface area contributed by atoms with Crippen molar-refractivity contribution in [3.8, 4) is 0 Å². The smallest absolute Gasteiger partial charge is 0.326 e. The van der Waals surface area contributed by atoms with Gasteiger partial charge in [-0.25, -0.2) is 14.8 Å². The number of rotatable bonds is 13. The van der Waals surface area contributed by atoms with Crippen molar-refractivity contribution in [3.63, 3.8) is 0 Å². The van der Waals surface area contributed by atoms with Crippen LogP contribution in [0.15, 0.2) is 55.5 Å². The molecule has 4 atom stereocenters. The standard InChI is InChI=1S/C26H31N9O5/c1-14(33-24(37)19(27)7-16-10-28-12-31-16)23(36)34-21(8-17-11-29-13-32-17)25(38)35-22(26(39)40)6-15-9-30-20-5-3-2-4-18(15)20/h2-5,9-14,19,21-22,30H,6-8,27H2,1H3,(H,28,31)(H,29,32)(H,33,37)(H,34,36)(H,35,38)(H,39,40). The first kappa shape index (κ1) is 28.0. The van der Waals surface area contributed by atoms with Gasteiger partial charge in [0.05, 0.1) is 18.7 Å². The molecule has 4 unspecified atom stereocenters. The van der Waals surface area contributed by atoms with E-state index in [1.54, 1.807) is 12.4 Å². The summed E-state index contributed by atoms with van der Waals surface area (Å²) in [5.41, 5.74) is 8.72. The van der Waals surface area contributed by atoms with Gasteiger partial charge in [0.15, 0.2) is 0 Å². The molecule has 0 radical (unpaired) electrons. The van der Waals surface area contributed by atoms with Crippen LogP contribution in [0.3, 0.4) is 0 Å². The number of hydrogen-bond acceptors (Lipinski definition) is 7. The molecule has 0 saturated carbocycles. The largest absolute Gasteiger partial charge is 0.480 e. The lowest BCUT2D eigenvalue weighted by Crippen LogP contribution is -2.57. The van der Waals surface area contributed by atoms with E-state index in [1.807, 2.05) is 24.3 Å². The molecule has 0 aliphatic heterocycles. The van der Waals surface area contributed by atoms with Crippen molar-refractivity contribution in [1.29, 1.82) is 0 Å². The van der Waals surface area contributed by atoms with E-state index in [0.717, 1.165) is 16.5 Å². The third-order valence-corrected chi connectivity index (χ3v) is 6.41. The molecule has 0 aliphatic carbocycles. The van der Waals surface area contributed by atoms with Gasteiger partial charge in [-0.15, -0.1) is 0 Å². The van der Waals surface area contributed by atoms with Gasteiger partial charge in [0, 0.05) is 60.1 Å². The van der Waals surface area contributed by atoms with Crippen LogP contribution < -0.4 is 21.7 Å². The number of nitrogens with zero attached hydrogens (tertiary/aromatic N) is 2. The second kappa shape index (κ2) is 12.7. The molecule has 14 nitrogen and oxygen atoms in total. The van der Waals surface area contributed by atoms with Crippen LogP contribution in [0.1, 0.15) is 23.9 Å². The van der Waals surface area contributed by atoms with Gasteiger partial charge in [0.1, 0.15) is 18.1 Å². The van der Waals surface area contributed by atoms with Crippen molar-refractivity contribution in [2.75, 3.05) is 0 Å². The number of aliphatic carboxylic acids is 1. The van der Waals surface area contributed by atoms with Crippen LogP contribution in [-0.2, 0) is 38.4 Å². The van der Waals surface area contributed by atoms with Crippen LogP contribution in [0.2, 0.25) is 0 Å². The maximum atomic E-state index is 13.3. The summed E-state index contributed by atoms with van der Waals surface area (Å²) in [5.74, 6) is -3.14. The highest BCUT2D eigenvalue weighted by Gasteiger charge is 2.30. The lowest BCUT2D eigenvalue weighted by Gasteiger charge is -2.23. The van der Waals surface area contributed by atoms with E-state index in [-0.39, 0.29) is 19.3 Å². The molecule has 4 aromatic rings. The number of carbonyl (C=O) groups is 4. The van der Waals surface area contributed by atoms with Crippen LogP contribution in [0.4, 0.5) is 0 Å². The van der Waals surface area contributed by atoms with Crippen LogP contribution >= 0.6 is 0 Å². The summed E-state index contributed by atoms with van der Waals surface area (Å²) in [6.45, 7) is 1.46. The van der Waals surface area contributed by atoms with Gasteiger partial charge in [-0.05, 0) is 18.6 Å². The first-order valence-electron chi connectivity index (χ1n) is 12.6. The molecule has 0 spiro atoms. The van der Waals surface area contributed by atoms with Crippen molar-refractivity contribution in [3.05, 3.63) is 72.5 Å². The molecule has 3 aromatic heterocycles. The molecule has 0 bridgehead atoms. The molecule has 0 fully saturated rings. The number of nitrogens with two attached hydrogens (primary N) is 1. The normalized spacial score (nSPS) is 14.2. The predicted octanol–water partition coefficient (Wildman–Crippen LogP) is -0.472. The number of imidazole rings is 2. The average Bonchev–Trinajstić information content (AvgIpc) is 3.71. The first-order valence-corrected chi connectivity index (χ1v) is 12.6. The fourth-order valence-corrected chi connectivity index (χ4v) is 4.23. The maximum absolute atomic E-state index is 13.3. The lowest BCUT2D eigenvalue weighted by molar-refractivity contribution is -0.142. The Morgan fingerprint density at radius 3 is 2.15 bits per heavy atom. The molecule has 0 saturated heterocycles. The van der Waals surface area contributed by atoms with Gasteiger partial charge in [-0.2, -0.15) is 0 Å². The summed E-state index contributed by atoms with van der Waals surface area (Å²) in [6.07, 6.45) is 7.87. The van der Waals surface area contributed by atoms with E-state index in [4.69, 9.17) is 5.73 Å². The van der Waals surface area contributed by atoms with Crippen LogP contribution in [0, 0.1) is 0 Å². The molecule has 1 aromatic carbocycles. The number of nitrogens with one attached hydrogen (secondary N) is 6. The number of fused-ring (bicyclic) bond motifs is 1. The van der Waals surface area contributed by atoms with Crippen molar-refractivity contribution >= 4 is 34.6 Å². The second-order valence-electron chi connectivity index (χ2n) is 9.42. The fraction of sp³-hybridized carbons (Fsp3) is 0.308. The van der Waals surface area contributed by atoms with Crippen LogP contribution in [0.5, 0.6) is 0 Å². The number of hydrogen-bond donors (Lipinski definition) is 8. The summed E-state index contributed by atoms with van der Waals surface area (Å²) < 4.78 is 0. The minimum Gasteiger partial charge on any atom is -0.480 e. The Hall–Kier alpha value is -4.98. The predicted molar refractivity (Wildman–Crippen MR) is 144 cm³/mol. The zero-order chi connectivity index (χ0) is 28.6. The topological polar surface area (TPSA) is 224 Å². The van der Waals surface area contributed by atoms with E-state index in [9.17, 15) is 24.3 Å². The first-order chi connectivity index (χ1) is 19.2. The van der Waals surface area contributed by atoms with E-state index in [1.165, 1.54) is 25.8 Å². The number of aromatic amines is 3. The van der Waals surface area contributed by atoms with Gasteiger partial charge in [-0.3, -0.25) is 14.4 Å². The number of carbonyl (C=O) groups excluding carboxylic acids is 3. The van der Waals surface area contributed by atoms with Gasteiger partial charge >= 0.3 is 5.97 Å². The molecule has 4 rings (SSSR count). The average molecular weight is 550 g/mol. The number of benzene rings is 1. The number of para-hydroxylation sites is 1.